The van der Waals surface area contributed by atoms with Crippen LogP contribution in [0.15, 0.2) is 48.8 Å². The molecule has 4 nitrogen and oxygen atoms in total. The zero-order valence-electron chi connectivity index (χ0n) is 16.7. The van der Waals surface area contributed by atoms with E-state index in [0.29, 0.717) is 5.92 Å². The summed E-state index contributed by atoms with van der Waals surface area (Å²) in [4.78, 5) is 21.1. The Hall–Kier alpha value is -2.20. The quantitative estimate of drug-likeness (QED) is 0.785. The van der Waals surface area contributed by atoms with Crippen LogP contribution in [-0.4, -0.2) is 46.9 Å². The number of carbonyl (C=O) groups is 1. The van der Waals surface area contributed by atoms with E-state index in [1.54, 1.807) is 24.5 Å². The standard InChI is InChI=1S/C24H31N3O/c28-24(23-8-12-25-13-9-23)27-16-10-21(11-17-27)18-20-4-6-22(7-5-20)19-26-14-2-1-3-15-26/h4-9,12-13,21H,1-3,10-11,14-19H2. The van der Waals surface area contributed by atoms with Gasteiger partial charge in [-0.2, -0.15) is 0 Å². The molecule has 28 heavy (non-hydrogen) atoms. The smallest absolute Gasteiger partial charge is 0.253 e. The molecule has 4 heteroatoms. The van der Waals surface area contributed by atoms with Crippen LogP contribution in [0.3, 0.4) is 0 Å². The first-order chi connectivity index (χ1) is 13.8. The third kappa shape index (κ3) is 4.99. The Balaban J connectivity index is 1.25. The molecule has 0 radical (unpaired) electrons. The van der Waals surface area contributed by atoms with E-state index in [1.165, 1.54) is 43.5 Å². The van der Waals surface area contributed by atoms with Gasteiger partial charge in [0.15, 0.2) is 0 Å². The van der Waals surface area contributed by atoms with E-state index in [1.807, 2.05) is 4.90 Å². The van der Waals surface area contributed by atoms with Crippen LogP contribution in [0.2, 0.25) is 0 Å². The summed E-state index contributed by atoms with van der Waals surface area (Å²) < 4.78 is 0. The van der Waals surface area contributed by atoms with Gasteiger partial charge in [0.25, 0.3) is 5.91 Å². The van der Waals surface area contributed by atoms with E-state index in [4.69, 9.17) is 0 Å². The Morgan fingerprint density at radius 2 is 1.50 bits per heavy atom. The number of piperidine rings is 2. The molecule has 0 unspecified atom stereocenters. The van der Waals surface area contributed by atoms with Crippen molar-refractivity contribution >= 4 is 5.91 Å². The van der Waals surface area contributed by atoms with Crippen LogP contribution < -0.4 is 0 Å². The Morgan fingerprint density at radius 3 is 2.18 bits per heavy atom. The van der Waals surface area contributed by atoms with Crippen molar-refractivity contribution in [2.75, 3.05) is 26.2 Å². The molecule has 2 fully saturated rings. The zero-order chi connectivity index (χ0) is 19.2. The fraction of sp³-hybridized carbons (Fsp3) is 0.500. The molecule has 0 spiro atoms. The molecule has 2 aliphatic rings. The maximum absolute atomic E-state index is 12.6. The molecule has 2 aliphatic heterocycles. The van der Waals surface area contributed by atoms with Crippen molar-refractivity contribution in [1.29, 1.82) is 0 Å². The molecule has 2 aromatic rings. The Bertz CT molecular complexity index is 745. The Labute approximate surface area is 168 Å². The number of nitrogens with zero attached hydrogens (tertiary/aromatic N) is 3. The number of rotatable bonds is 5. The summed E-state index contributed by atoms with van der Waals surface area (Å²) in [7, 11) is 0. The second-order valence-corrected chi connectivity index (χ2v) is 8.33. The summed E-state index contributed by atoms with van der Waals surface area (Å²) in [5.41, 5.74) is 3.61. The highest BCUT2D eigenvalue weighted by molar-refractivity contribution is 5.94. The molecule has 0 saturated carbocycles. The normalized spacial score (nSPS) is 18.9. The first kappa shape index (κ1) is 19.1. The van der Waals surface area contributed by atoms with Crippen LogP contribution >= 0.6 is 0 Å². The fourth-order valence-electron chi connectivity index (χ4n) is 4.51. The molecule has 4 rings (SSSR count). The van der Waals surface area contributed by atoms with Crippen LogP contribution in [-0.2, 0) is 13.0 Å². The second-order valence-electron chi connectivity index (χ2n) is 8.33. The average molecular weight is 378 g/mol. The van der Waals surface area contributed by atoms with Crippen LogP contribution in [0.5, 0.6) is 0 Å². The van der Waals surface area contributed by atoms with Gasteiger partial charge in [-0.25, -0.2) is 0 Å². The van der Waals surface area contributed by atoms with Crippen molar-refractivity contribution in [1.82, 2.24) is 14.8 Å². The number of amides is 1. The minimum Gasteiger partial charge on any atom is -0.339 e. The summed E-state index contributed by atoms with van der Waals surface area (Å²) >= 11 is 0. The highest BCUT2D eigenvalue weighted by Crippen LogP contribution is 2.23. The predicted molar refractivity (Wildman–Crippen MR) is 112 cm³/mol. The molecule has 148 valence electrons. The molecule has 1 amide bonds. The van der Waals surface area contributed by atoms with E-state index >= 15 is 0 Å². The van der Waals surface area contributed by atoms with Gasteiger partial charge in [0, 0.05) is 37.6 Å². The van der Waals surface area contributed by atoms with Gasteiger partial charge in [0.2, 0.25) is 0 Å². The van der Waals surface area contributed by atoms with Gasteiger partial charge in [-0.05, 0) is 74.4 Å². The predicted octanol–water partition coefficient (Wildman–Crippen LogP) is 4.16. The SMILES string of the molecule is O=C(c1ccncc1)N1CCC(Cc2ccc(CN3CCCCC3)cc2)CC1. The van der Waals surface area contributed by atoms with Crippen LogP contribution in [0.25, 0.3) is 0 Å². The number of hydrogen-bond acceptors (Lipinski definition) is 3. The topological polar surface area (TPSA) is 36.4 Å². The minimum absolute atomic E-state index is 0.142. The van der Waals surface area contributed by atoms with Gasteiger partial charge in [-0.15, -0.1) is 0 Å². The monoisotopic (exact) mass is 377 g/mol. The van der Waals surface area contributed by atoms with Gasteiger partial charge in [-0.1, -0.05) is 30.7 Å². The van der Waals surface area contributed by atoms with Gasteiger partial charge in [0.05, 0.1) is 0 Å². The maximum Gasteiger partial charge on any atom is 0.253 e. The van der Waals surface area contributed by atoms with Crippen molar-refractivity contribution in [3.63, 3.8) is 0 Å². The third-order valence-corrected chi connectivity index (χ3v) is 6.23. The lowest BCUT2D eigenvalue weighted by molar-refractivity contribution is 0.0690. The van der Waals surface area contributed by atoms with Gasteiger partial charge >= 0.3 is 0 Å². The van der Waals surface area contributed by atoms with E-state index in [0.717, 1.165) is 44.5 Å². The number of aromatic nitrogens is 1. The number of hydrogen-bond donors (Lipinski definition) is 0. The number of benzene rings is 1. The van der Waals surface area contributed by atoms with Crippen molar-refractivity contribution in [2.45, 2.75) is 45.1 Å². The molecule has 2 saturated heterocycles. The third-order valence-electron chi connectivity index (χ3n) is 6.23. The summed E-state index contributed by atoms with van der Waals surface area (Å²) in [6.45, 7) is 5.31. The molecule has 3 heterocycles. The minimum atomic E-state index is 0.142. The number of likely N-dealkylation sites (tertiary alicyclic amines) is 2. The summed E-state index contributed by atoms with van der Waals surface area (Å²) in [6, 6.07) is 12.9. The molecular weight excluding hydrogens is 346 g/mol. The average Bonchev–Trinajstić information content (AvgIpc) is 2.76. The summed E-state index contributed by atoms with van der Waals surface area (Å²) in [5, 5.41) is 0. The van der Waals surface area contributed by atoms with E-state index in [2.05, 4.69) is 34.1 Å². The summed E-state index contributed by atoms with van der Waals surface area (Å²) in [5.74, 6) is 0.817. The van der Waals surface area contributed by atoms with Crippen LogP contribution in [0.1, 0.15) is 53.6 Å². The molecule has 0 N–H and O–H groups in total. The second kappa shape index (κ2) is 9.33. The maximum atomic E-state index is 12.6. The van der Waals surface area contributed by atoms with E-state index in [9.17, 15) is 4.79 Å². The molecule has 1 aromatic heterocycles. The van der Waals surface area contributed by atoms with Gasteiger partial charge < -0.3 is 4.90 Å². The molecular formula is C24H31N3O. The Kier molecular flexibility index (Phi) is 6.38. The van der Waals surface area contributed by atoms with Crippen molar-refractivity contribution in [3.05, 3.63) is 65.5 Å². The highest BCUT2D eigenvalue weighted by Gasteiger charge is 2.23. The molecule has 1 aromatic carbocycles. The van der Waals surface area contributed by atoms with Crippen LogP contribution in [0, 0.1) is 5.92 Å². The van der Waals surface area contributed by atoms with Gasteiger partial charge in [-0.3, -0.25) is 14.7 Å². The molecule has 0 aliphatic carbocycles. The number of pyridine rings is 1. The number of carbonyl (C=O) groups excluding carboxylic acids is 1. The largest absolute Gasteiger partial charge is 0.339 e. The van der Waals surface area contributed by atoms with E-state index < -0.39 is 0 Å². The van der Waals surface area contributed by atoms with Crippen LogP contribution in [0.4, 0.5) is 0 Å². The summed E-state index contributed by atoms with van der Waals surface area (Å²) in [6.07, 6.45) is 10.8. The van der Waals surface area contributed by atoms with E-state index in [-0.39, 0.29) is 5.91 Å². The van der Waals surface area contributed by atoms with Gasteiger partial charge in [0.1, 0.15) is 0 Å². The van der Waals surface area contributed by atoms with Crippen molar-refractivity contribution in [2.24, 2.45) is 5.92 Å². The first-order valence-corrected chi connectivity index (χ1v) is 10.8. The van der Waals surface area contributed by atoms with Crippen molar-refractivity contribution < 1.29 is 4.79 Å². The lowest BCUT2D eigenvalue weighted by Gasteiger charge is -2.32. The van der Waals surface area contributed by atoms with Crippen molar-refractivity contribution in [3.8, 4) is 0 Å². The first-order valence-electron chi connectivity index (χ1n) is 10.8. The Morgan fingerprint density at radius 1 is 0.857 bits per heavy atom. The highest BCUT2D eigenvalue weighted by atomic mass is 16.2. The molecule has 0 bridgehead atoms. The fourth-order valence-corrected chi connectivity index (χ4v) is 4.51. The lowest BCUT2D eigenvalue weighted by Crippen LogP contribution is -2.38. The lowest BCUT2D eigenvalue weighted by atomic mass is 9.89. The zero-order valence-corrected chi connectivity index (χ0v) is 16.7. The molecule has 0 atom stereocenters.